The molecule has 0 aliphatic heterocycles. The molecule has 124 valence electrons. The van der Waals surface area contributed by atoms with Crippen molar-refractivity contribution in [3.8, 4) is 0 Å². The summed E-state index contributed by atoms with van der Waals surface area (Å²) in [4.78, 5) is 4.46. The zero-order valence-electron chi connectivity index (χ0n) is 12.6. The van der Waals surface area contributed by atoms with Gasteiger partial charge in [0.05, 0.1) is 17.1 Å². The summed E-state index contributed by atoms with van der Waals surface area (Å²) in [5.41, 5.74) is 1.06. The monoisotopic (exact) mass is 370 g/mol. The Kier molecular flexibility index (Phi) is 6.87. The number of thioether (sulfide) groups is 1. The van der Waals surface area contributed by atoms with Gasteiger partial charge >= 0.3 is 0 Å². The Labute approximate surface area is 144 Å². The number of nitrogens with one attached hydrogen (secondary N) is 2. The topological polar surface area (TPSA) is 83.4 Å². The average Bonchev–Trinajstić information content (AvgIpc) is 3.07. The molecule has 6 nitrogen and oxygen atoms in total. The van der Waals surface area contributed by atoms with Gasteiger partial charge in [-0.15, -0.1) is 0 Å². The van der Waals surface area contributed by atoms with Crippen molar-refractivity contribution in [3.63, 3.8) is 0 Å². The smallest absolute Gasteiger partial charge is 0.264 e. The fourth-order valence-electron chi connectivity index (χ4n) is 1.66. The Balaban J connectivity index is 1.84. The van der Waals surface area contributed by atoms with Crippen LogP contribution in [0.1, 0.15) is 5.69 Å². The number of aliphatic imine (C=N–C) groups is 1. The van der Waals surface area contributed by atoms with E-state index in [2.05, 4.69) is 19.4 Å². The molecule has 1 aromatic carbocycles. The Hall–Kier alpha value is -1.58. The van der Waals surface area contributed by atoms with Gasteiger partial charge in [-0.1, -0.05) is 18.2 Å². The number of hydrogen-bond acceptors (Lipinski definition) is 6. The minimum Gasteiger partial charge on any atom is -0.359 e. The zero-order valence-corrected chi connectivity index (χ0v) is 15.0. The number of guanidine groups is 1. The van der Waals surface area contributed by atoms with Gasteiger partial charge in [-0.25, -0.2) is 13.1 Å². The van der Waals surface area contributed by atoms with Crippen LogP contribution >= 0.6 is 23.3 Å². The zero-order chi connectivity index (χ0) is 16.5. The first kappa shape index (κ1) is 17.8. The second-order valence-corrected chi connectivity index (χ2v) is 7.90. The lowest BCUT2D eigenvalue weighted by atomic mass is 10.4. The molecule has 0 unspecified atom stereocenters. The molecule has 0 amide bonds. The largest absolute Gasteiger partial charge is 0.359 e. The van der Waals surface area contributed by atoms with Gasteiger partial charge in [0.25, 0.3) is 10.0 Å². The highest BCUT2D eigenvalue weighted by Crippen LogP contribution is 2.11. The molecule has 0 bridgehead atoms. The van der Waals surface area contributed by atoms with Crippen molar-refractivity contribution in [1.29, 1.82) is 0 Å². The van der Waals surface area contributed by atoms with Crippen LogP contribution in [0.4, 0.5) is 0 Å². The average molecular weight is 371 g/mol. The number of nitrogens with zero attached hydrogens (tertiary/aromatic N) is 2. The van der Waals surface area contributed by atoms with Crippen LogP contribution < -0.4 is 10.0 Å². The standard InChI is InChI=1S/C14H18N4O2S3/c1-15-14(16-8-10-21-11-12-7-9-22-17-12)18-23(19,20)13-5-3-2-4-6-13/h2-7,9H,8,10-11H2,1H3,(H2,15,16,18). The molecule has 0 aliphatic carbocycles. The molecule has 23 heavy (non-hydrogen) atoms. The van der Waals surface area contributed by atoms with Crippen molar-refractivity contribution < 1.29 is 8.42 Å². The molecule has 0 saturated carbocycles. The van der Waals surface area contributed by atoms with E-state index in [1.54, 1.807) is 49.1 Å². The lowest BCUT2D eigenvalue weighted by Gasteiger charge is -2.10. The normalized spacial score (nSPS) is 12.1. The van der Waals surface area contributed by atoms with Gasteiger partial charge in [0.2, 0.25) is 5.96 Å². The van der Waals surface area contributed by atoms with E-state index in [0.717, 1.165) is 17.2 Å². The highest BCUT2D eigenvalue weighted by Gasteiger charge is 2.14. The first-order chi connectivity index (χ1) is 11.1. The predicted octanol–water partition coefficient (Wildman–Crippen LogP) is 1.93. The van der Waals surface area contributed by atoms with Crippen molar-refractivity contribution >= 4 is 39.3 Å². The van der Waals surface area contributed by atoms with Gasteiger partial charge in [-0.05, 0) is 29.7 Å². The van der Waals surface area contributed by atoms with Crippen molar-refractivity contribution in [2.45, 2.75) is 10.6 Å². The molecule has 0 saturated heterocycles. The number of aromatic nitrogens is 1. The fraction of sp³-hybridized carbons (Fsp3) is 0.286. The van der Waals surface area contributed by atoms with Gasteiger partial charge < -0.3 is 5.32 Å². The summed E-state index contributed by atoms with van der Waals surface area (Å²) in [5, 5.41) is 4.72. The summed E-state index contributed by atoms with van der Waals surface area (Å²) < 4.78 is 31.1. The molecule has 1 aromatic heterocycles. The van der Waals surface area contributed by atoms with Crippen LogP contribution in [0.2, 0.25) is 0 Å². The van der Waals surface area contributed by atoms with Crippen LogP contribution in [0, 0.1) is 0 Å². The van der Waals surface area contributed by atoms with E-state index in [-0.39, 0.29) is 10.9 Å². The summed E-state index contributed by atoms with van der Waals surface area (Å²) in [6.45, 7) is 0.516. The Morgan fingerprint density at radius 3 is 2.74 bits per heavy atom. The molecule has 2 rings (SSSR count). The van der Waals surface area contributed by atoms with E-state index in [1.807, 2.05) is 11.4 Å². The van der Waals surface area contributed by atoms with E-state index >= 15 is 0 Å². The molecule has 2 aromatic rings. The third-order valence-electron chi connectivity index (χ3n) is 2.77. The van der Waals surface area contributed by atoms with Crippen LogP contribution in [-0.2, 0) is 15.8 Å². The van der Waals surface area contributed by atoms with E-state index in [1.165, 1.54) is 11.5 Å². The second kappa shape index (κ2) is 8.90. The Bertz CT molecular complexity index is 716. The fourth-order valence-corrected chi connectivity index (χ4v) is 4.07. The van der Waals surface area contributed by atoms with Gasteiger partial charge in [-0.2, -0.15) is 16.1 Å². The summed E-state index contributed by atoms with van der Waals surface area (Å²) in [7, 11) is -1.97. The second-order valence-electron chi connectivity index (χ2n) is 4.44. The van der Waals surface area contributed by atoms with Crippen molar-refractivity contribution in [1.82, 2.24) is 14.4 Å². The van der Waals surface area contributed by atoms with Crippen LogP contribution in [-0.4, -0.2) is 38.1 Å². The van der Waals surface area contributed by atoms with Crippen molar-refractivity contribution in [3.05, 3.63) is 47.5 Å². The minimum absolute atomic E-state index is 0.209. The molecular weight excluding hydrogens is 352 g/mol. The summed E-state index contributed by atoms with van der Waals surface area (Å²) in [6, 6.07) is 10.2. The van der Waals surface area contributed by atoms with Gasteiger partial charge in [0, 0.05) is 23.9 Å². The molecule has 0 fully saturated rings. The van der Waals surface area contributed by atoms with Gasteiger partial charge in [0.1, 0.15) is 0 Å². The first-order valence-electron chi connectivity index (χ1n) is 6.89. The van der Waals surface area contributed by atoms with Crippen LogP contribution in [0.3, 0.4) is 0 Å². The molecule has 2 N–H and O–H groups in total. The minimum atomic E-state index is -3.61. The number of hydrogen-bond donors (Lipinski definition) is 2. The van der Waals surface area contributed by atoms with E-state index in [9.17, 15) is 8.42 Å². The van der Waals surface area contributed by atoms with Crippen molar-refractivity contribution in [2.75, 3.05) is 19.3 Å². The highest BCUT2D eigenvalue weighted by atomic mass is 32.2. The summed E-state index contributed by atoms with van der Waals surface area (Å²) in [5.74, 6) is 1.86. The van der Waals surface area contributed by atoms with Gasteiger partial charge in [-0.3, -0.25) is 4.99 Å². The molecule has 1 heterocycles. The maximum atomic E-state index is 12.2. The van der Waals surface area contributed by atoms with Crippen LogP contribution in [0.15, 0.2) is 51.7 Å². The first-order valence-corrected chi connectivity index (χ1v) is 10.4. The van der Waals surface area contributed by atoms with E-state index < -0.39 is 10.0 Å². The maximum absolute atomic E-state index is 12.2. The lowest BCUT2D eigenvalue weighted by Crippen LogP contribution is -2.39. The highest BCUT2D eigenvalue weighted by molar-refractivity contribution is 7.98. The maximum Gasteiger partial charge on any atom is 0.264 e. The molecule has 0 radical (unpaired) electrons. The van der Waals surface area contributed by atoms with Crippen molar-refractivity contribution in [2.24, 2.45) is 4.99 Å². The molecule has 0 spiro atoms. The Morgan fingerprint density at radius 2 is 2.09 bits per heavy atom. The third kappa shape index (κ3) is 5.85. The SMILES string of the molecule is CNC(=NCCSCc1ccsn1)NS(=O)(=O)c1ccccc1. The molecule has 0 atom stereocenters. The number of sulfonamides is 1. The van der Waals surface area contributed by atoms with Crippen LogP contribution in [0.5, 0.6) is 0 Å². The lowest BCUT2D eigenvalue weighted by molar-refractivity contribution is 0.591. The molecular formula is C14H18N4O2S3. The molecule has 0 aliphatic rings. The molecule has 9 heteroatoms. The van der Waals surface area contributed by atoms with E-state index in [4.69, 9.17) is 0 Å². The summed E-state index contributed by atoms with van der Waals surface area (Å²) in [6.07, 6.45) is 0. The third-order valence-corrected chi connectivity index (χ3v) is 5.69. The number of rotatable bonds is 7. The van der Waals surface area contributed by atoms with E-state index in [0.29, 0.717) is 6.54 Å². The number of benzene rings is 1. The van der Waals surface area contributed by atoms with Crippen LogP contribution in [0.25, 0.3) is 0 Å². The predicted molar refractivity (Wildman–Crippen MR) is 96.4 cm³/mol. The quantitative estimate of drug-likeness (QED) is 0.442. The Morgan fingerprint density at radius 1 is 1.30 bits per heavy atom. The van der Waals surface area contributed by atoms with Gasteiger partial charge in [0.15, 0.2) is 0 Å². The summed E-state index contributed by atoms with van der Waals surface area (Å²) >= 11 is 3.15.